The van der Waals surface area contributed by atoms with Crippen molar-refractivity contribution in [3.63, 3.8) is 0 Å². The first kappa shape index (κ1) is 32.0. The summed E-state index contributed by atoms with van der Waals surface area (Å²) in [7, 11) is 3.23. The second-order valence-electron chi connectivity index (χ2n) is 10.6. The van der Waals surface area contributed by atoms with E-state index in [9.17, 15) is 14.4 Å². The Morgan fingerprint density at radius 2 is 2.00 bits per heavy atom. The van der Waals surface area contributed by atoms with Gasteiger partial charge in [-0.1, -0.05) is 40.8 Å². The zero-order valence-electron chi connectivity index (χ0n) is 24.8. The molecule has 0 unspecified atom stereocenters. The van der Waals surface area contributed by atoms with Gasteiger partial charge in [-0.05, 0) is 49.1 Å². The van der Waals surface area contributed by atoms with Gasteiger partial charge in [0.2, 0.25) is 5.91 Å². The van der Waals surface area contributed by atoms with Crippen LogP contribution in [-0.2, 0) is 43.4 Å². The second-order valence-corrected chi connectivity index (χ2v) is 12.5. The van der Waals surface area contributed by atoms with Crippen molar-refractivity contribution in [2.75, 3.05) is 25.6 Å². The molecule has 0 bridgehead atoms. The van der Waals surface area contributed by atoms with Crippen LogP contribution in [0.5, 0.6) is 0 Å². The summed E-state index contributed by atoms with van der Waals surface area (Å²) in [5.74, 6) is -1.41. The first-order valence-electron chi connectivity index (χ1n) is 14.4. The maximum absolute atomic E-state index is 15.5. The summed E-state index contributed by atoms with van der Waals surface area (Å²) in [6.07, 6.45) is 4.51. The molecule has 0 spiro atoms. The molecule has 1 aliphatic heterocycles. The molecule has 44 heavy (non-hydrogen) atoms. The number of anilines is 1. The highest BCUT2D eigenvalue weighted by molar-refractivity contribution is 14.1. The van der Waals surface area contributed by atoms with E-state index in [1.165, 1.54) is 24.5 Å². The number of alkyl halides is 1. The van der Waals surface area contributed by atoms with Crippen LogP contribution in [0.4, 0.5) is 10.1 Å². The van der Waals surface area contributed by atoms with E-state index in [-0.39, 0.29) is 42.3 Å². The Hall–Kier alpha value is -3.36. The number of hydrogen-bond acceptors (Lipinski definition) is 7. The lowest BCUT2D eigenvalue weighted by molar-refractivity contribution is -0.140. The van der Waals surface area contributed by atoms with E-state index in [0.29, 0.717) is 41.7 Å². The number of carbonyl (C=O) groups excluding carboxylic acids is 3. The molecule has 232 valence electrons. The minimum atomic E-state index is -0.559. The summed E-state index contributed by atoms with van der Waals surface area (Å²) in [5, 5.41) is 4.43. The van der Waals surface area contributed by atoms with E-state index < -0.39 is 11.9 Å². The lowest BCUT2D eigenvalue weighted by Crippen LogP contribution is -2.35. The van der Waals surface area contributed by atoms with Crippen molar-refractivity contribution >= 4 is 68.3 Å². The van der Waals surface area contributed by atoms with Crippen LogP contribution in [0.3, 0.4) is 0 Å². The smallest absolute Gasteiger partial charge is 0.305 e. The highest BCUT2D eigenvalue weighted by atomic mass is 127. The third kappa shape index (κ3) is 6.81. The van der Waals surface area contributed by atoms with Crippen LogP contribution in [0.2, 0.25) is 0 Å². The largest absolute Gasteiger partial charge is 0.469 e. The zero-order valence-corrected chi connectivity index (χ0v) is 27.7. The summed E-state index contributed by atoms with van der Waals surface area (Å²) in [6.45, 7) is 2.86. The number of rotatable bonds is 11. The monoisotopic (exact) mass is 732 g/mol. The number of nitrogens with zero attached hydrogens (tertiary/aromatic N) is 3. The van der Waals surface area contributed by atoms with Gasteiger partial charge < -0.3 is 24.3 Å². The molecule has 2 atom stereocenters. The van der Waals surface area contributed by atoms with Crippen molar-refractivity contribution in [2.24, 2.45) is 7.05 Å². The van der Waals surface area contributed by atoms with Gasteiger partial charge in [-0.3, -0.25) is 14.4 Å². The Bertz CT molecular complexity index is 1690. The van der Waals surface area contributed by atoms with E-state index >= 15 is 4.39 Å². The maximum atomic E-state index is 15.5. The number of nitrogens with one attached hydrogen (secondary N) is 1. The lowest BCUT2D eigenvalue weighted by Gasteiger charge is -2.27. The molecule has 9 nitrogen and oxygen atoms in total. The Morgan fingerprint density at radius 3 is 2.75 bits per heavy atom. The molecule has 4 aromatic rings. The van der Waals surface area contributed by atoms with Crippen LogP contribution >= 0.6 is 33.9 Å². The SMILES string of the molecule is CCO[C@H]1CCN(C(=O)Cc2cc(CI)c(NC(=O)c3cn(C)c4ccccc34)cc2F)[C@@H]1c1ncc(CCC(=O)OC)s1. The molecule has 1 fully saturated rings. The topological polar surface area (TPSA) is 103 Å². The Labute approximate surface area is 272 Å². The first-order valence-corrected chi connectivity index (χ1v) is 16.7. The lowest BCUT2D eigenvalue weighted by atomic mass is 10.0. The predicted octanol–water partition coefficient (Wildman–Crippen LogP) is 5.99. The van der Waals surface area contributed by atoms with E-state index in [1.807, 2.05) is 42.8 Å². The molecule has 1 saturated heterocycles. The summed E-state index contributed by atoms with van der Waals surface area (Å²) >= 11 is 3.62. The summed E-state index contributed by atoms with van der Waals surface area (Å²) < 4.78 is 28.6. The Kier molecular flexibility index (Phi) is 10.3. The number of benzene rings is 2. The number of para-hydroxylation sites is 1. The molecule has 0 saturated carbocycles. The number of carbonyl (C=O) groups is 3. The van der Waals surface area contributed by atoms with Gasteiger partial charge in [-0.2, -0.15) is 0 Å². The molecule has 1 aliphatic rings. The van der Waals surface area contributed by atoms with Gasteiger partial charge in [0.15, 0.2) is 0 Å². The fourth-order valence-corrected chi connectivity index (χ4v) is 7.35. The molecular weight excluding hydrogens is 698 g/mol. The van der Waals surface area contributed by atoms with Crippen LogP contribution in [0.1, 0.15) is 57.2 Å². The quantitative estimate of drug-likeness (QED) is 0.116. The van der Waals surface area contributed by atoms with Crippen molar-refractivity contribution in [3.8, 4) is 0 Å². The minimum absolute atomic E-state index is 0.136. The first-order chi connectivity index (χ1) is 21.2. The molecule has 0 radical (unpaired) electrons. The van der Waals surface area contributed by atoms with E-state index in [2.05, 4.69) is 32.9 Å². The minimum Gasteiger partial charge on any atom is -0.469 e. The van der Waals surface area contributed by atoms with Crippen molar-refractivity contribution in [1.82, 2.24) is 14.5 Å². The molecule has 12 heteroatoms. The second kappa shape index (κ2) is 14.2. The number of likely N-dealkylation sites (tertiary alicyclic amines) is 1. The van der Waals surface area contributed by atoms with Crippen LogP contribution in [-0.4, -0.2) is 58.6 Å². The van der Waals surface area contributed by atoms with Crippen LogP contribution in [0.25, 0.3) is 10.9 Å². The average molecular weight is 733 g/mol. The number of aryl methyl sites for hydroxylation is 2. The number of thiazole rings is 1. The fourth-order valence-electron chi connectivity index (χ4n) is 5.64. The number of fused-ring (bicyclic) bond motifs is 1. The number of hydrogen-bond donors (Lipinski definition) is 1. The average Bonchev–Trinajstić information content (AvgIpc) is 3.75. The third-order valence-electron chi connectivity index (χ3n) is 7.82. The van der Waals surface area contributed by atoms with Crippen LogP contribution in [0, 0.1) is 5.82 Å². The maximum Gasteiger partial charge on any atom is 0.305 e. The summed E-state index contributed by atoms with van der Waals surface area (Å²) in [6, 6.07) is 10.2. The van der Waals surface area contributed by atoms with Gasteiger partial charge in [0.1, 0.15) is 16.9 Å². The number of halogens is 2. The molecule has 3 heterocycles. The van der Waals surface area contributed by atoms with Crippen LogP contribution in [0.15, 0.2) is 48.8 Å². The van der Waals surface area contributed by atoms with Gasteiger partial charge in [0.05, 0.1) is 31.6 Å². The highest BCUT2D eigenvalue weighted by Gasteiger charge is 2.40. The van der Waals surface area contributed by atoms with E-state index in [4.69, 9.17) is 9.47 Å². The van der Waals surface area contributed by atoms with Crippen molar-refractivity contribution < 1.29 is 28.2 Å². The Balaban J connectivity index is 1.34. The third-order valence-corrected chi connectivity index (χ3v) is 9.77. The van der Waals surface area contributed by atoms with Gasteiger partial charge in [-0.25, -0.2) is 9.37 Å². The predicted molar refractivity (Wildman–Crippen MR) is 176 cm³/mol. The van der Waals surface area contributed by atoms with Gasteiger partial charge in [-0.15, -0.1) is 11.3 Å². The Morgan fingerprint density at radius 1 is 1.20 bits per heavy atom. The molecule has 2 aromatic heterocycles. The van der Waals surface area contributed by atoms with Crippen molar-refractivity contribution in [2.45, 2.75) is 49.2 Å². The molecule has 0 aliphatic carbocycles. The zero-order chi connectivity index (χ0) is 31.4. The molecule has 2 aromatic carbocycles. The van der Waals surface area contributed by atoms with Crippen LogP contribution < -0.4 is 5.32 Å². The molecule has 5 rings (SSSR count). The highest BCUT2D eigenvalue weighted by Crippen LogP contribution is 2.37. The van der Waals surface area contributed by atoms with Gasteiger partial charge in [0.25, 0.3) is 5.91 Å². The number of amides is 2. The van der Waals surface area contributed by atoms with E-state index in [1.54, 1.807) is 23.4 Å². The standard InChI is InChI=1S/C32H34FIN4O5S/c1-4-43-27-11-12-38(30(27)32-35-17-21(44-32)9-10-29(40)42-3)28(39)14-19-13-20(16-34)25(15-24(19)33)36-31(41)23-18-37(2)26-8-6-5-7-22(23)26/h5-8,13,15,17-18,27,30H,4,9-12,14,16H2,1-3H3,(H,36,41)/t27-,30-/m0/s1. The molecular formula is C32H34FIN4O5S. The molecule has 2 amide bonds. The number of ether oxygens (including phenoxy) is 2. The van der Waals surface area contributed by atoms with E-state index in [0.717, 1.165) is 26.4 Å². The van der Waals surface area contributed by atoms with Crippen molar-refractivity contribution in [1.29, 1.82) is 0 Å². The summed E-state index contributed by atoms with van der Waals surface area (Å²) in [4.78, 5) is 45.8. The number of aromatic nitrogens is 2. The fraction of sp³-hybridized carbons (Fsp3) is 0.375. The normalized spacial score (nSPS) is 16.4. The number of methoxy groups -OCH3 is 1. The number of esters is 1. The summed E-state index contributed by atoms with van der Waals surface area (Å²) in [5.41, 5.74) is 2.80. The van der Waals surface area contributed by atoms with Gasteiger partial charge in [0, 0.05) is 58.5 Å². The van der Waals surface area contributed by atoms with Crippen molar-refractivity contribution in [3.05, 3.63) is 81.2 Å². The van der Waals surface area contributed by atoms with Gasteiger partial charge >= 0.3 is 5.97 Å². The molecule has 1 N–H and O–H groups in total.